The third-order valence-electron chi connectivity index (χ3n) is 2.43. The molecule has 92 valence electrons. The summed E-state index contributed by atoms with van der Waals surface area (Å²) in [4.78, 5) is 4.08. The molecule has 0 radical (unpaired) electrons. The van der Waals surface area contributed by atoms with Crippen molar-refractivity contribution >= 4 is 11.4 Å². The lowest BCUT2D eigenvalue weighted by molar-refractivity contribution is 0.388. The first-order valence-corrected chi connectivity index (χ1v) is 5.47. The second-order valence-corrected chi connectivity index (χ2v) is 3.83. The Kier molecular flexibility index (Phi) is 3.44. The molecule has 0 aliphatic carbocycles. The Morgan fingerprint density at radius 1 is 1.50 bits per heavy atom. The summed E-state index contributed by atoms with van der Waals surface area (Å²) < 4.78 is 4.87. The Morgan fingerprint density at radius 2 is 2.33 bits per heavy atom. The second-order valence-electron chi connectivity index (χ2n) is 3.83. The summed E-state index contributed by atoms with van der Waals surface area (Å²) in [5, 5.41) is 15.6. The van der Waals surface area contributed by atoms with Gasteiger partial charge in [0.05, 0.1) is 19.0 Å². The minimum Gasteiger partial charge on any atom is -0.398 e. The zero-order valence-electron chi connectivity index (χ0n) is 9.97. The number of nitrogens with zero attached hydrogens (tertiary/aromatic N) is 3. The molecule has 1 heterocycles. The van der Waals surface area contributed by atoms with Crippen LogP contribution in [0.2, 0.25) is 0 Å². The van der Waals surface area contributed by atoms with Crippen LogP contribution < -0.4 is 11.1 Å². The summed E-state index contributed by atoms with van der Waals surface area (Å²) in [6.07, 6.45) is 0.294. The van der Waals surface area contributed by atoms with Crippen LogP contribution in [0.4, 0.5) is 11.4 Å². The molecule has 0 unspecified atom stereocenters. The number of aromatic nitrogens is 2. The first-order valence-electron chi connectivity index (χ1n) is 5.47. The molecule has 0 amide bonds. The Labute approximate surface area is 104 Å². The van der Waals surface area contributed by atoms with Gasteiger partial charge in [0.2, 0.25) is 5.89 Å². The predicted octanol–water partition coefficient (Wildman–Crippen LogP) is 1.64. The van der Waals surface area contributed by atoms with Gasteiger partial charge in [-0.1, -0.05) is 5.16 Å². The number of nitrogens with two attached hydrogens (primary N) is 1. The van der Waals surface area contributed by atoms with Crippen LogP contribution in [0, 0.1) is 18.3 Å². The summed E-state index contributed by atoms with van der Waals surface area (Å²) in [5.41, 5.74) is 8.07. The van der Waals surface area contributed by atoms with Crippen LogP contribution in [0.3, 0.4) is 0 Å². The Bertz CT molecular complexity index is 584. The monoisotopic (exact) mass is 243 g/mol. The quantitative estimate of drug-likeness (QED) is 0.791. The molecule has 0 fully saturated rings. The predicted molar refractivity (Wildman–Crippen MR) is 66.5 cm³/mol. The van der Waals surface area contributed by atoms with Crippen molar-refractivity contribution < 1.29 is 4.52 Å². The van der Waals surface area contributed by atoms with Crippen LogP contribution >= 0.6 is 0 Å². The highest BCUT2D eigenvalue weighted by molar-refractivity contribution is 5.57. The van der Waals surface area contributed by atoms with Crippen LogP contribution in [0.15, 0.2) is 22.7 Å². The first kappa shape index (κ1) is 11.9. The van der Waals surface area contributed by atoms with E-state index < -0.39 is 0 Å². The average Bonchev–Trinajstić information content (AvgIpc) is 2.76. The highest BCUT2D eigenvalue weighted by Crippen LogP contribution is 2.18. The van der Waals surface area contributed by atoms with E-state index in [1.54, 1.807) is 13.0 Å². The maximum atomic E-state index is 8.69. The van der Waals surface area contributed by atoms with Crippen molar-refractivity contribution in [2.45, 2.75) is 19.9 Å². The van der Waals surface area contributed by atoms with Crippen LogP contribution in [0.5, 0.6) is 0 Å². The van der Waals surface area contributed by atoms with E-state index in [-0.39, 0.29) is 0 Å². The molecule has 3 N–H and O–H groups in total. The third-order valence-corrected chi connectivity index (χ3v) is 2.43. The molecule has 1 aromatic carbocycles. The molecular weight excluding hydrogens is 230 g/mol. The maximum Gasteiger partial charge on any atom is 0.223 e. The van der Waals surface area contributed by atoms with E-state index in [9.17, 15) is 0 Å². The van der Waals surface area contributed by atoms with Gasteiger partial charge in [-0.15, -0.1) is 0 Å². The number of nitrogens with one attached hydrogen (secondary N) is 1. The van der Waals surface area contributed by atoms with Gasteiger partial charge in [-0.3, -0.25) is 0 Å². The van der Waals surface area contributed by atoms with E-state index in [0.29, 0.717) is 30.4 Å². The fourth-order valence-electron chi connectivity index (χ4n) is 1.55. The number of hydrogen-bond acceptors (Lipinski definition) is 6. The molecule has 0 saturated heterocycles. The smallest absolute Gasteiger partial charge is 0.223 e. The van der Waals surface area contributed by atoms with Gasteiger partial charge in [0, 0.05) is 18.3 Å². The number of rotatable bonds is 4. The largest absolute Gasteiger partial charge is 0.398 e. The number of aryl methyl sites for hydroxylation is 1. The summed E-state index contributed by atoms with van der Waals surface area (Å²) >= 11 is 0. The number of benzene rings is 1. The van der Waals surface area contributed by atoms with Gasteiger partial charge in [0.25, 0.3) is 0 Å². The highest BCUT2D eigenvalue weighted by Gasteiger charge is 2.04. The van der Waals surface area contributed by atoms with Gasteiger partial charge in [-0.2, -0.15) is 10.2 Å². The average molecular weight is 243 g/mol. The van der Waals surface area contributed by atoms with Crippen LogP contribution in [0.25, 0.3) is 0 Å². The van der Waals surface area contributed by atoms with Crippen molar-refractivity contribution in [2.24, 2.45) is 0 Å². The topological polar surface area (TPSA) is 101 Å². The van der Waals surface area contributed by atoms with Crippen molar-refractivity contribution in [3.8, 4) is 6.07 Å². The van der Waals surface area contributed by atoms with Crippen molar-refractivity contribution in [1.29, 1.82) is 5.26 Å². The zero-order valence-corrected chi connectivity index (χ0v) is 9.97. The standard InChI is InChI=1S/C12H13N5O/c1-8-16-12(17-18-8)7-15-10-2-3-11(14)9(6-10)4-5-13/h2-3,6,15H,4,7,14H2,1H3. The van der Waals surface area contributed by atoms with Gasteiger partial charge in [-0.25, -0.2) is 0 Å². The lowest BCUT2D eigenvalue weighted by Crippen LogP contribution is -2.02. The van der Waals surface area contributed by atoms with Gasteiger partial charge < -0.3 is 15.6 Å². The minimum absolute atomic E-state index is 0.294. The lowest BCUT2D eigenvalue weighted by atomic mass is 10.1. The van der Waals surface area contributed by atoms with Gasteiger partial charge in [0.15, 0.2) is 5.82 Å². The van der Waals surface area contributed by atoms with Crippen molar-refractivity contribution in [3.63, 3.8) is 0 Å². The normalized spacial score (nSPS) is 10.0. The van der Waals surface area contributed by atoms with Crippen LogP contribution in [-0.4, -0.2) is 10.1 Å². The molecule has 18 heavy (non-hydrogen) atoms. The van der Waals surface area contributed by atoms with Crippen molar-refractivity contribution in [3.05, 3.63) is 35.5 Å². The van der Waals surface area contributed by atoms with E-state index in [0.717, 1.165) is 11.3 Å². The summed E-state index contributed by atoms with van der Waals surface area (Å²) in [7, 11) is 0. The summed E-state index contributed by atoms with van der Waals surface area (Å²) in [5.74, 6) is 1.13. The SMILES string of the molecule is Cc1nc(CNc2ccc(N)c(CC#N)c2)no1. The number of nitriles is 1. The molecular formula is C12H13N5O. The fraction of sp³-hybridized carbons (Fsp3) is 0.250. The Balaban J connectivity index is 2.05. The third kappa shape index (κ3) is 2.77. The highest BCUT2D eigenvalue weighted by atomic mass is 16.5. The fourth-order valence-corrected chi connectivity index (χ4v) is 1.55. The van der Waals surface area contributed by atoms with E-state index in [1.807, 2.05) is 12.1 Å². The van der Waals surface area contributed by atoms with E-state index >= 15 is 0 Å². The summed E-state index contributed by atoms with van der Waals surface area (Å²) in [6, 6.07) is 7.56. The molecule has 0 spiro atoms. The van der Waals surface area contributed by atoms with Crippen molar-refractivity contribution in [2.75, 3.05) is 11.1 Å². The lowest BCUT2D eigenvalue weighted by Gasteiger charge is -2.07. The van der Waals surface area contributed by atoms with Gasteiger partial charge in [-0.05, 0) is 23.8 Å². The van der Waals surface area contributed by atoms with Crippen LogP contribution in [-0.2, 0) is 13.0 Å². The Hall–Kier alpha value is -2.55. The molecule has 0 atom stereocenters. The van der Waals surface area contributed by atoms with E-state index in [4.69, 9.17) is 15.5 Å². The van der Waals surface area contributed by atoms with Crippen molar-refractivity contribution in [1.82, 2.24) is 10.1 Å². The maximum absolute atomic E-state index is 8.69. The van der Waals surface area contributed by atoms with Gasteiger partial charge >= 0.3 is 0 Å². The molecule has 0 bridgehead atoms. The van der Waals surface area contributed by atoms with Gasteiger partial charge in [0.1, 0.15) is 0 Å². The number of anilines is 2. The summed E-state index contributed by atoms with van der Waals surface area (Å²) in [6.45, 7) is 2.21. The van der Waals surface area contributed by atoms with Crippen LogP contribution in [0.1, 0.15) is 17.3 Å². The number of hydrogen-bond donors (Lipinski definition) is 2. The Morgan fingerprint density at radius 3 is 3.00 bits per heavy atom. The molecule has 2 aromatic rings. The number of nitrogen functional groups attached to an aromatic ring is 1. The molecule has 0 saturated carbocycles. The molecule has 2 rings (SSSR count). The molecule has 1 aromatic heterocycles. The van der Waals surface area contributed by atoms with E-state index in [1.165, 1.54) is 0 Å². The molecule has 6 nitrogen and oxygen atoms in total. The zero-order chi connectivity index (χ0) is 13.0. The second kappa shape index (κ2) is 5.19. The first-order chi connectivity index (χ1) is 8.69. The minimum atomic E-state index is 0.294. The molecule has 0 aliphatic rings. The molecule has 0 aliphatic heterocycles. The van der Waals surface area contributed by atoms with E-state index in [2.05, 4.69) is 21.5 Å². The molecule has 6 heteroatoms.